The molecule has 2 rings (SSSR count). The maximum absolute atomic E-state index is 12.3. The van der Waals surface area contributed by atoms with Gasteiger partial charge in [-0.25, -0.2) is 14.4 Å². The van der Waals surface area contributed by atoms with E-state index in [0.717, 1.165) is 5.56 Å². The van der Waals surface area contributed by atoms with Crippen LogP contribution < -0.4 is 10.6 Å². The SMILES string of the molecule is COC(=O)C(Cc1ccc(NC(=O)OC(C)(C)C)c(C)c1CO)NC(=O)OCc1ccccc1.Cl. The van der Waals surface area contributed by atoms with Gasteiger partial charge in [-0.3, -0.25) is 5.32 Å². The minimum atomic E-state index is -1.04. The first-order valence-corrected chi connectivity index (χ1v) is 10.8. The molecule has 9 nitrogen and oxygen atoms in total. The van der Waals surface area contributed by atoms with Crippen molar-refractivity contribution in [2.45, 2.75) is 59.0 Å². The lowest BCUT2D eigenvalue weighted by Gasteiger charge is -2.22. The van der Waals surface area contributed by atoms with Gasteiger partial charge >= 0.3 is 18.2 Å². The summed E-state index contributed by atoms with van der Waals surface area (Å²) in [5.41, 5.74) is 2.34. The first-order chi connectivity index (χ1) is 16.0. The lowest BCUT2D eigenvalue weighted by atomic mass is 9.95. The number of methoxy groups -OCH3 is 1. The predicted octanol–water partition coefficient (Wildman–Crippen LogP) is 4.27. The number of hydrogen-bond acceptors (Lipinski definition) is 7. The summed E-state index contributed by atoms with van der Waals surface area (Å²) in [6.07, 6.45) is -1.34. The predicted molar refractivity (Wildman–Crippen MR) is 133 cm³/mol. The van der Waals surface area contributed by atoms with Crippen LogP contribution in [0.4, 0.5) is 15.3 Å². The molecule has 0 fully saturated rings. The fourth-order valence-corrected chi connectivity index (χ4v) is 3.24. The minimum absolute atomic E-state index is 0. The molecule has 0 saturated carbocycles. The lowest BCUT2D eigenvalue weighted by Crippen LogP contribution is -2.43. The topological polar surface area (TPSA) is 123 Å². The third-order valence-corrected chi connectivity index (χ3v) is 4.90. The second-order valence-corrected chi connectivity index (χ2v) is 8.65. The molecule has 0 spiro atoms. The molecule has 1 unspecified atom stereocenters. The van der Waals surface area contributed by atoms with Crippen LogP contribution in [0.15, 0.2) is 42.5 Å². The van der Waals surface area contributed by atoms with E-state index in [1.54, 1.807) is 39.8 Å². The average molecular weight is 509 g/mol. The molecule has 192 valence electrons. The van der Waals surface area contributed by atoms with Crippen LogP contribution in [0.2, 0.25) is 0 Å². The van der Waals surface area contributed by atoms with E-state index in [1.165, 1.54) is 7.11 Å². The van der Waals surface area contributed by atoms with Crippen LogP contribution in [0.1, 0.15) is 43.0 Å². The van der Waals surface area contributed by atoms with Crippen molar-refractivity contribution in [1.29, 1.82) is 0 Å². The summed E-state index contributed by atoms with van der Waals surface area (Å²) in [6, 6.07) is 11.4. The van der Waals surface area contributed by atoms with Gasteiger partial charge in [-0.15, -0.1) is 12.4 Å². The van der Waals surface area contributed by atoms with E-state index in [0.29, 0.717) is 22.4 Å². The normalized spacial score (nSPS) is 11.5. The number of nitrogens with one attached hydrogen (secondary N) is 2. The van der Waals surface area contributed by atoms with E-state index < -0.39 is 29.8 Å². The Labute approximate surface area is 211 Å². The number of carbonyl (C=O) groups excluding carboxylic acids is 3. The Kier molecular flexibility index (Phi) is 11.5. The van der Waals surface area contributed by atoms with Crippen LogP contribution in [-0.2, 0) is 38.6 Å². The van der Waals surface area contributed by atoms with Gasteiger partial charge in [-0.05, 0) is 56.0 Å². The van der Waals surface area contributed by atoms with E-state index in [-0.39, 0.29) is 32.0 Å². The molecule has 0 aliphatic rings. The van der Waals surface area contributed by atoms with Crippen molar-refractivity contribution in [3.63, 3.8) is 0 Å². The fourth-order valence-electron chi connectivity index (χ4n) is 3.24. The standard InChI is InChI=1S/C25H32N2O7.ClH/c1-16-19(14-28)18(11-12-20(16)26-24(31)34-25(2,3)4)13-21(22(29)32-5)27-23(30)33-15-17-9-7-6-8-10-17;/h6-12,21,28H,13-15H2,1-5H3,(H,26,31)(H,27,30);1H. The Bertz CT molecular complexity index is 1010. The van der Waals surface area contributed by atoms with Crippen molar-refractivity contribution in [1.82, 2.24) is 5.32 Å². The van der Waals surface area contributed by atoms with Gasteiger partial charge in [0, 0.05) is 12.1 Å². The zero-order valence-electron chi connectivity index (χ0n) is 20.5. The molecule has 0 bridgehead atoms. The van der Waals surface area contributed by atoms with Gasteiger partial charge in [-0.2, -0.15) is 0 Å². The zero-order valence-corrected chi connectivity index (χ0v) is 21.4. The Balaban J connectivity index is 0.00000612. The third kappa shape index (κ3) is 9.46. The number of ether oxygens (including phenoxy) is 3. The molecule has 0 aliphatic carbocycles. The molecule has 2 aromatic carbocycles. The summed E-state index contributed by atoms with van der Waals surface area (Å²) in [5, 5.41) is 15.2. The van der Waals surface area contributed by atoms with E-state index in [9.17, 15) is 19.5 Å². The first kappa shape index (κ1) is 29.7. The first-order valence-electron chi connectivity index (χ1n) is 10.8. The molecule has 0 saturated heterocycles. The maximum Gasteiger partial charge on any atom is 0.412 e. The molecular weight excluding hydrogens is 476 g/mol. The summed E-state index contributed by atoms with van der Waals surface area (Å²) in [7, 11) is 1.22. The summed E-state index contributed by atoms with van der Waals surface area (Å²) < 4.78 is 15.3. The molecular formula is C25H33ClN2O7. The van der Waals surface area contributed by atoms with Crippen LogP contribution in [0, 0.1) is 6.92 Å². The van der Waals surface area contributed by atoms with Crippen LogP contribution in [-0.4, -0.2) is 42.0 Å². The Morgan fingerprint density at radius 2 is 1.69 bits per heavy atom. The van der Waals surface area contributed by atoms with Gasteiger partial charge in [-0.1, -0.05) is 36.4 Å². The van der Waals surface area contributed by atoms with Gasteiger partial charge in [0.25, 0.3) is 0 Å². The number of anilines is 1. The van der Waals surface area contributed by atoms with Crippen LogP contribution in [0.25, 0.3) is 0 Å². The fraction of sp³-hybridized carbons (Fsp3) is 0.400. The summed E-state index contributed by atoms with van der Waals surface area (Å²) >= 11 is 0. The highest BCUT2D eigenvalue weighted by atomic mass is 35.5. The van der Waals surface area contributed by atoms with E-state index in [2.05, 4.69) is 10.6 Å². The lowest BCUT2D eigenvalue weighted by molar-refractivity contribution is -0.143. The summed E-state index contributed by atoms with van der Waals surface area (Å²) in [4.78, 5) is 36.8. The highest BCUT2D eigenvalue weighted by Gasteiger charge is 2.25. The Hall–Kier alpha value is -3.30. The summed E-state index contributed by atoms with van der Waals surface area (Å²) in [6.45, 7) is 6.71. The summed E-state index contributed by atoms with van der Waals surface area (Å²) in [5.74, 6) is -0.658. The van der Waals surface area contributed by atoms with E-state index >= 15 is 0 Å². The quantitative estimate of drug-likeness (QED) is 0.359. The maximum atomic E-state index is 12.3. The molecule has 10 heteroatoms. The molecule has 2 amide bonds. The highest BCUT2D eigenvalue weighted by Crippen LogP contribution is 2.25. The largest absolute Gasteiger partial charge is 0.467 e. The van der Waals surface area contributed by atoms with Crippen LogP contribution in [0.3, 0.4) is 0 Å². The number of carbonyl (C=O) groups is 3. The van der Waals surface area contributed by atoms with Gasteiger partial charge in [0.05, 0.1) is 13.7 Å². The van der Waals surface area contributed by atoms with Crippen LogP contribution >= 0.6 is 12.4 Å². The molecule has 0 aromatic heterocycles. The smallest absolute Gasteiger partial charge is 0.412 e. The van der Waals surface area contributed by atoms with Crippen molar-refractivity contribution < 1.29 is 33.7 Å². The third-order valence-electron chi connectivity index (χ3n) is 4.90. The number of aliphatic hydroxyl groups excluding tert-OH is 1. The second-order valence-electron chi connectivity index (χ2n) is 8.65. The van der Waals surface area contributed by atoms with Gasteiger partial charge in [0.15, 0.2) is 0 Å². The van der Waals surface area contributed by atoms with E-state index in [4.69, 9.17) is 14.2 Å². The van der Waals surface area contributed by atoms with Crippen molar-refractivity contribution in [3.8, 4) is 0 Å². The Morgan fingerprint density at radius 3 is 2.26 bits per heavy atom. The number of rotatable bonds is 8. The number of benzene rings is 2. The Morgan fingerprint density at radius 1 is 1.03 bits per heavy atom. The van der Waals surface area contributed by atoms with Crippen molar-refractivity contribution in [2.24, 2.45) is 0 Å². The van der Waals surface area contributed by atoms with Gasteiger partial charge < -0.3 is 24.6 Å². The average Bonchev–Trinajstić information content (AvgIpc) is 2.78. The van der Waals surface area contributed by atoms with Crippen molar-refractivity contribution in [3.05, 3.63) is 64.7 Å². The number of amides is 2. The molecule has 0 aliphatic heterocycles. The second kappa shape index (κ2) is 13.6. The van der Waals surface area contributed by atoms with Gasteiger partial charge in [0.2, 0.25) is 0 Å². The monoisotopic (exact) mass is 508 g/mol. The molecule has 0 radical (unpaired) electrons. The molecule has 35 heavy (non-hydrogen) atoms. The highest BCUT2D eigenvalue weighted by molar-refractivity contribution is 5.86. The number of esters is 1. The van der Waals surface area contributed by atoms with E-state index in [1.807, 2.05) is 30.3 Å². The number of halogens is 1. The minimum Gasteiger partial charge on any atom is -0.467 e. The van der Waals surface area contributed by atoms with Crippen LogP contribution in [0.5, 0.6) is 0 Å². The van der Waals surface area contributed by atoms with Crippen molar-refractivity contribution in [2.75, 3.05) is 12.4 Å². The molecule has 2 aromatic rings. The van der Waals surface area contributed by atoms with Crippen molar-refractivity contribution >= 4 is 36.3 Å². The number of aliphatic hydroxyl groups is 1. The molecule has 1 atom stereocenters. The number of alkyl carbamates (subject to hydrolysis) is 1. The molecule has 3 N–H and O–H groups in total. The van der Waals surface area contributed by atoms with Gasteiger partial charge in [0.1, 0.15) is 18.2 Å². The zero-order chi connectivity index (χ0) is 25.3. The number of hydrogen-bond donors (Lipinski definition) is 3. The molecule has 0 heterocycles.